The molecule has 1 amide bonds. The van der Waals surface area contributed by atoms with Gasteiger partial charge in [0.05, 0.1) is 18.2 Å². The predicted molar refractivity (Wildman–Crippen MR) is 68.1 cm³/mol. The molecule has 0 N–H and O–H groups in total. The van der Waals surface area contributed by atoms with E-state index in [-0.39, 0.29) is 5.91 Å². The normalized spacial score (nSPS) is 13.7. The maximum atomic E-state index is 12.4. The monoisotopic (exact) mass is 252 g/mol. The van der Waals surface area contributed by atoms with Crippen LogP contribution in [0.4, 0.5) is 0 Å². The molecule has 1 aromatic carbocycles. The summed E-state index contributed by atoms with van der Waals surface area (Å²) in [4.78, 5) is 18.4. The Balaban J connectivity index is 1.84. The number of hydrogen-bond acceptors (Lipinski definition) is 3. The fraction of sp³-hybridized carbons (Fsp3) is 0.214. The zero-order chi connectivity index (χ0) is 13.2. The topological polar surface area (TPSA) is 61.9 Å². The van der Waals surface area contributed by atoms with Crippen molar-refractivity contribution >= 4 is 5.91 Å². The molecule has 19 heavy (non-hydrogen) atoms. The van der Waals surface area contributed by atoms with E-state index in [0.29, 0.717) is 24.2 Å². The fourth-order valence-corrected chi connectivity index (χ4v) is 2.25. The first-order chi connectivity index (χ1) is 9.28. The van der Waals surface area contributed by atoms with E-state index in [1.807, 2.05) is 12.3 Å². The minimum atomic E-state index is -0.0497. The standard InChI is InChI=1S/C14H12N4O/c15-9-11-2-1-3-12(8-11)14(19)18-7-6-17-5-4-16-13(17)10-18/h1-5,8H,6-7,10H2. The second-order valence-corrected chi connectivity index (χ2v) is 4.46. The van der Waals surface area contributed by atoms with Gasteiger partial charge in [0.15, 0.2) is 0 Å². The van der Waals surface area contributed by atoms with Crippen molar-refractivity contribution < 1.29 is 4.79 Å². The number of fused-ring (bicyclic) bond motifs is 1. The Labute approximate surface area is 110 Å². The van der Waals surface area contributed by atoms with Gasteiger partial charge < -0.3 is 9.47 Å². The molecule has 0 saturated carbocycles. The average molecular weight is 252 g/mol. The molecule has 3 rings (SSSR count). The van der Waals surface area contributed by atoms with E-state index in [1.165, 1.54) is 0 Å². The highest BCUT2D eigenvalue weighted by molar-refractivity contribution is 5.94. The molecule has 1 aromatic heterocycles. The third kappa shape index (κ3) is 2.08. The molecule has 5 nitrogen and oxygen atoms in total. The molecule has 0 unspecified atom stereocenters. The van der Waals surface area contributed by atoms with Crippen LogP contribution in [0.15, 0.2) is 36.7 Å². The van der Waals surface area contributed by atoms with Crippen LogP contribution < -0.4 is 0 Å². The van der Waals surface area contributed by atoms with Crippen molar-refractivity contribution in [3.63, 3.8) is 0 Å². The molecule has 1 aliphatic heterocycles. The summed E-state index contributed by atoms with van der Waals surface area (Å²) in [6.07, 6.45) is 3.67. The summed E-state index contributed by atoms with van der Waals surface area (Å²) in [5.41, 5.74) is 1.06. The zero-order valence-corrected chi connectivity index (χ0v) is 10.3. The molecule has 2 aromatic rings. The lowest BCUT2D eigenvalue weighted by molar-refractivity contribution is 0.0707. The maximum Gasteiger partial charge on any atom is 0.254 e. The molecule has 0 saturated heterocycles. The van der Waals surface area contributed by atoms with E-state index >= 15 is 0 Å². The summed E-state index contributed by atoms with van der Waals surface area (Å²) in [5.74, 6) is 0.849. The smallest absolute Gasteiger partial charge is 0.254 e. The number of benzene rings is 1. The molecule has 0 bridgehead atoms. The van der Waals surface area contributed by atoms with Gasteiger partial charge in [0, 0.05) is 31.0 Å². The van der Waals surface area contributed by atoms with Crippen LogP contribution >= 0.6 is 0 Å². The van der Waals surface area contributed by atoms with Crippen molar-refractivity contribution in [1.82, 2.24) is 14.5 Å². The quantitative estimate of drug-likeness (QED) is 0.771. The van der Waals surface area contributed by atoms with Gasteiger partial charge in [0.2, 0.25) is 0 Å². The molecule has 1 aliphatic rings. The van der Waals surface area contributed by atoms with Crippen LogP contribution in [-0.4, -0.2) is 26.9 Å². The van der Waals surface area contributed by atoms with Gasteiger partial charge in [-0.25, -0.2) is 4.98 Å². The summed E-state index contributed by atoms with van der Waals surface area (Å²) in [6.45, 7) is 1.95. The zero-order valence-electron chi connectivity index (χ0n) is 10.3. The summed E-state index contributed by atoms with van der Waals surface area (Å²) in [6, 6.07) is 8.85. The first-order valence-corrected chi connectivity index (χ1v) is 6.07. The molecule has 0 aliphatic carbocycles. The van der Waals surface area contributed by atoms with Gasteiger partial charge in [0.1, 0.15) is 5.82 Å². The Hall–Kier alpha value is -2.61. The molecular formula is C14H12N4O. The van der Waals surface area contributed by atoms with Gasteiger partial charge in [-0.05, 0) is 18.2 Å². The number of nitrogens with zero attached hydrogens (tertiary/aromatic N) is 4. The Bertz CT molecular complexity index is 668. The Morgan fingerprint density at radius 2 is 2.26 bits per heavy atom. The van der Waals surface area contributed by atoms with Crippen molar-refractivity contribution in [2.24, 2.45) is 0 Å². The van der Waals surface area contributed by atoms with Crippen molar-refractivity contribution in [2.75, 3.05) is 6.54 Å². The first-order valence-electron chi connectivity index (χ1n) is 6.07. The fourth-order valence-electron chi connectivity index (χ4n) is 2.25. The number of rotatable bonds is 1. The van der Waals surface area contributed by atoms with Crippen molar-refractivity contribution in [3.05, 3.63) is 53.6 Å². The molecule has 94 valence electrons. The Morgan fingerprint density at radius 1 is 1.37 bits per heavy atom. The second kappa shape index (κ2) is 4.58. The Kier molecular flexibility index (Phi) is 2.76. The Morgan fingerprint density at radius 3 is 3.11 bits per heavy atom. The van der Waals surface area contributed by atoms with Crippen LogP contribution in [0.25, 0.3) is 0 Å². The van der Waals surface area contributed by atoms with E-state index in [1.54, 1.807) is 35.4 Å². The van der Waals surface area contributed by atoms with E-state index in [9.17, 15) is 4.79 Å². The number of imidazole rings is 1. The molecule has 5 heteroatoms. The summed E-state index contributed by atoms with van der Waals surface area (Å²) < 4.78 is 2.05. The van der Waals surface area contributed by atoms with E-state index in [4.69, 9.17) is 5.26 Å². The minimum Gasteiger partial charge on any atom is -0.332 e. The van der Waals surface area contributed by atoms with Gasteiger partial charge in [-0.15, -0.1) is 0 Å². The van der Waals surface area contributed by atoms with E-state index in [0.717, 1.165) is 12.4 Å². The van der Waals surface area contributed by atoms with Gasteiger partial charge in [0.25, 0.3) is 5.91 Å². The predicted octanol–water partition coefficient (Wildman–Crippen LogP) is 1.41. The third-order valence-corrected chi connectivity index (χ3v) is 3.27. The highest BCUT2D eigenvalue weighted by Gasteiger charge is 2.22. The van der Waals surface area contributed by atoms with E-state index < -0.39 is 0 Å². The summed E-state index contributed by atoms with van der Waals surface area (Å²) >= 11 is 0. The number of hydrogen-bond donors (Lipinski definition) is 0. The lowest BCUT2D eigenvalue weighted by atomic mass is 10.1. The first kappa shape index (κ1) is 11.5. The number of amides is 1. The lowest BCUT2D eigenvalue weighted by Gasteiger charge is -2.27. The molecule has 2 heterocycles. The van der Waals surface area contributed by atoms with Crippen molar-refractivity contribution in [1.29, 1.82) is 5.26 Å². The SMILES string of the molecule is N#Cc1cccc(C(=O)N2CCn3ccnc3C2)c1. The van der Waals surface area contributed by atoms with Gasteiger partial charge in [-0.2, -0.15) is 5.26 Å². The minimum absolute atomic E-state index is 0.0497. The average Bonchev–Trinajstić information content (AvgIpc) is 2.94. The number of nitriles is 1. The molecule has 0 fully saturated rings. The van der Waals surface area contributed by atoms with Crippen LogP contribution in [0.2, 0.25) is 0 Å². The van der Waals surface area contributed by atoms with Crippen LogP contribution in [0.5, 0.6) is 0 Å². The van der Waals surface area contributed by atoms with Crippen molar-refractivity contribution in [3.8, 4) is 6.07 Å². The van der Waals surface area contributed by atoms with Crippen LogP contribution in [0, 0.1) is 11.3 Å². The van der Waals surface area contributed by atoms with Crippen LogP contribution in [0.1, 0.15) is 21.7 Å². The largest absolute Gasteiger partial charge is 0.332 e. The molecule has 0 spiro atoms. The number of carbonyl (C=O) groups excluding carboxylic acids is 1. The number of carbonyl (C=O) groups is 1. The summed E-state index contributed by atoms with van der Waals surface area (Å²) in [5, 5.41) is 8.87. The highest BCUT2D eigenvalue weighted by atomic mass is 16.2. The van der Waals surface area contributed by atoms with Gasteiger partial charge in [-0.1, -0.05) is 6.07 Å². The van der Waals surface area contributed by atoms with Crippen molar-refractivity contribution in [2.45, 2.75) is 13.1 Å². The van der Waals surface area contributed by atoms with Crippen LogP contribution in [0.3, 0.4) is 0 Å². The molecular weight excluding hydrogens is 240 g/mol. The summed E-state index contributed by atoms with van der Waals surface area (Å²) in [7, 11) is 0. The van der Waals surface area contributed by atoms with Crippen LogP contribution in [-0.2, 0) is 13.1 Å². The van der Waals surface area contributed by atoms with Gasteiger partial charge >= 0.3 is 0 Å². The third-order valence-electron chi connectivity index (χ3n) is 3.27. The molecule has 0 radical (unpaired) electrons. The highest BCUT2D eigenvalue weighted by Crippen LogP contribution is 2.14. The lowest BCUT2D eigenvalue weighted by Crippen LogP contribution is -2.38. The van der Waals surface area contributed by atoms with E-state index in [2.05, 4.69) is 9.55 Å². The maximum absolute atomic E-state index is 12.4. The second-order valence-electron chi connectivity index (χ2n) is 4.46. The number of aromatic nitrogens is 2. The van der Waals surface area contributed by atoms with Gasteiger partial charge in [-0.3, -0.25) is 4.79 Å². The molecule has 0 atom stereocenters.